The Morgan fingerprint density at radius 3 is 2.43 bits per heavy atom. The molecule has 0 bridgehead atoms. The molecular weight excluding hydrogens is 403 g/mol. The summed E-state index contributed by atoms with van der Waals surface area (Å²) in [6.45, 7) is 0. The first-order valence-electron chi connectivity index (χ1n) is 9.31. The maximum atomic E-state index is 13.9. The number of hydrogen-bond donors (Lipinski definition) is 1. The van der Waals surface area contributed by atoms with Gasteiger partial charge in [0, 0.05) is 34.2 Å². The number of hydrogen-bond acceptors (Lipinski definition) is 4. The molecule has 1 fully saturated rings. The molecule has 30 heavy (non-hydrogen) atoms. The molecule has 1 aromatic heterocycles. The van der Waals surface area contributed by atoms with E-state index < -0.39 is 5.91 Å². The maximum Gasteiger partial charge on any atom is 0.248 e. The van der Waals surface area contributed by atoms with Gasteiger partial charge < -0.3 is 5.32 Å². The summed E-state index contributed by atoms with van der Waals surface area (Å²) in [6.07, 6.45) is 3.34. The van der Waals surface area contributed by atoms with E-state index in [1.165, 1.54) is 23.5 Å². The first-order chi connectivity index (χ1) is 14.5. The van der Waals surface area contributed by atoms with Crippen LogP contribution in [0.4, 0.5) is 15.8 Å². The van der Waals surface area contributed by atoms with Crippen LogP contribution in [-0.4, -0.2) is 17.7 Å². The number of amides is 3. The van der Waals surface area contributed by atoms with Crippen molar-refractivity contribution in [1.82, 2.24) is 0 Å². The number of rotatable bonds is 5. The highest BCUT2D eigenvalue weighted by Crippen LogP contribution is 2.31. The lowest BCUT2D eigenvalue weighted by molar-refractivity contribution is -0.121. The van der Waals surface area contributed by atoms with E-state index in [2.05, 4.69) is 5.32 Å². The molecule has 150 valence electrons. The van der Waals surface area contributed by atoms with Gasteiger partial charge in [-0.05, 0) is 36.4 Å². The minimum atomic E-state index is -0.401. The standard InChI is InChI=1S/C23H17FN2O3S/c24-17-6-2-1-5-16(17)20-11-9-15(30-20)10-12-21(27)25-18-7-3-4-8-19(18)26-22(28)13-14-23(26)29/h1-12H,13-14H2,(H,25,27)/b12-10-. The van der Waals surface area contributed by atoms with Crippen LogP contribution in [0.25, 0.3) is 16.5 Å². The minimum Gasteiger partial charge on any atom is -0.321 e. The Balaban J connectivity index is 1.49. The number of halogens is 1. The second-order valence-electron chi connectivity index (χ2n) is 6.64. The first-order valence-corrected chi connectivity index (χ1v) is 10.1. The normalized spacial score (nSPS) is 14.0. The van der Waals surface area contributed by atoms with Gasteiger partial charge in [-0.25, -0.2) is 9.29 Å². The summed E-state index contributed by atoms with van der Waals surface area (Å²) in [5.74, 6) is -1.26. The summed E-state index contributed by atoms with van der Waals surface area (Å²) in [4.78, 5) is 39.1. The summed E-state index contributed by atoms with van der Waals surface area (Å²) >= 11 is 1.37. The third-order valence-corrected chi connectivity index (χ3v) is 5.70. The molecule has 2 heterocycles. The molecule has 0 radical (unpaired) electrons. The molecule has 3 amide bonds. The van der Waals surface area contributed by atoms with Gasteiger partial charge in [0.2, 0.25) is 17.7 Å². The highest BCUT2D eigenvalue weighted by molar-refractivity contribution is 7.16. The van der Waals surface area contributed by atoms with Crippen molar-refractivity contribution in [2.24, 2.45) is 0 Å². The van der Waals surface area contributed by atoms with Crippen LogP contribution in [0.2, 0.25) is 0 Å². The van der Waals surface area contributed by atoms with Gasteiger partial charge in [0.05, 0.1) is 11.4 Å². The van der Waals surface area contributed by atoms with Crippen molar-refractivity contribution >= 4 is 46.5 Å². The Bertz CT molecular complexity index is 1150. The molecule has 0 unspecified atom stereocenters. The number of benzene rings is 2. The van der Waals surface area contributed by atoms with Gasteiger partial charge in [0.15, 0.2) is 0 Å². The van der Waals surface area contributed by atoms with Crippen LogP contribution in [0.1, 0.15) is 17.7 Å². The lowest BCUT2D eigenvalue weighted by Crippen LogP contribution is -2.29. The highest BCUT2D eigenvalue weighted by atomic mass is 32.1. The molecule has 3 aromatic rings. The van der Waals surface area contributed by atoms with Gasteiger partial charge in [0.1, 0.15) is 5.82 Å². The van der Waals surface area contributed by atoms with E-state index in [9.17, 15) is 18.8 Å². The smallest absolute Gasteiger partial charge is 0.248 e. The number of thiophene rings is 1. The van der Waals surface area contributed by atoms with Gasteiger partial charge in [0.25, 0.3) is 0 Å². The van der Waals surface area contributed by atoms with Crippen molar-refractivity contribution in [3.8, 4) is 10.4 Å². The van der Waals surface area contributed by atoms with Crippen molar-refractivity contribution in [3.63, 3.8) is 0 Å². The average Bonchev–Trinajstić information content (AvgIpc) is 3.34. The van der Waals surface area contributed by atoms with Crippen molar-refractivity contribution in [3.05, 3.63) is 77.4 Å². The Morgan fingerprint density at radius 1 is 0.967 bits per heavy atom. The number of nitrogens with one attached hydrogen (secondary N) is 1. The molecule has 7 heteroatoms. The van der Waals surface area contributed by atoms with Gasteiger partial charge in [-0.15, -0.1) is 11.3 Å². The van der Waals surface area contributed by atoms with E-state index in [-0.39, 0.29) is 30.5 Å². The predicted molar refractivity (Wildman–Crippen MR) is 116 cm³/mol. The molecule has 1 saturated heterocycles. The summed E-state index contributed by atoms with van der Waals surface area (Å²) in [5.41, 5.74) is 1.26. The number of carbonyl (C=O) groups is 3. The summed E-state index contributed by atoms with van der Waals surface area (Å²) < 4.78 is 13.9. The average molecular weight is 420 g/mol. The maximum absolute atomic E-state index is 13.9. The zero-order valence-electron chi connectivity index (χ0n) is 15.8. The quantitative estimate of drug-likeness (QED) is 0.474. The molecule has 0 saturated carbocycles. The second kappa shape index (κ2) is 8.42. The number of nitrogens with zero attached hydrogens (tertiary/aromatic N) is 1. The van der Waals surface area contributed by atoms with Crippen LogP contribution in [0.3, 0.4) is 0 Å². The molecule has 0 aliphatic carbocycles. The molecule has 2 aromatic carbocycles. The molecule has 1 aliphatic heterocycles. The number of para-hydroxylation sites is 2. The van der Waals surface area contributed by atoms with Crippen LogP contribution in [-0.2, 0) is 14.4 Å². The lowest BCUT2D eigenvalue weighted by atomic mass is 10.2. The predicted octanol–water partition coefficient (Wildman–Crippen LogP) is 4.86. The molecule has 4 rings (SSSR count). The lowest BCUT2D eigenvalue weighted by Gasteiger charge is -2.18. The van der Waals surface area contributed by atoms with E-state index in [0.29, 0.717) is 16.9 Å². The molecule has 1 N–H and O–H groups in total. The van der Waals surface area contributed by atoms with Gasteiger partial charge in [-0.2, -0.15) is 0 Å². The molecule has 0 spiro atoms. The van der Waals surface area contributed by atoms with Crippen LogP contribution in [0, 0.1) is 5.82 Å². The number of imide groups is 1. The topological polar surface area (TPSA) is 66.5 Å². The van der Waals surface area contributed by atoms with E-state index >= 15 is 0 Å². The third-order valence-electron chi connectivity index (χ3n) is 4.62. The van der Waals surface area contributed by atoms with Crippen molar-refractivity contribution in [1.29, 1.82) is 0 Å². The highest BCUT2D eigenvalue weighted by Gasteiger charge is 2.31. The molecular formula is C23H17FN2O3S. The molecule has 1 aliphatic rings. The number of anilines is 2. The van der Waals surface area contributed by atoms with E-state index in [1.54, 1.807) is 54.6 Å². The first kappa shape index (κ1) is 19.7. The van der Waals surface area contributed by atoms with Gasteiger partial charge >= 0.3 is 0 Å². The van der Waals surface area contributed by atoms with Crippen molar-refractivity contribution < 1.29 is 18.8 Å². The van der Waals surface area contributed by atoms with Gasteiger partial charge in [-0.1, -0.05) is 30.3 Å². The van der Waals surface area contributed by atoms with Crippen LogP contribution < -0.4 is 10.2 Å². The fourth-order valence-electron chi connectivity index (χ4n) is 3.20. The van der Waals surface area contributed by atoms with Crippen LogP contribution in [0.15, 0.2) is 66.7 Å². The largest absolute Gasteiger partial charge is 0.321 e. The van der Waals surface area contributed by atoms with E-state index in [1.807, 2.05) is 6.07 Å². The number of carbonyl (C=O) groups excluding carboxylic acids is 3. The van der Waals surface area contributed by atoms with E-state index in [4.69, 9.17) is 0 Å². The zero-order valence-corrected chi connectivity index (χ0v) is 16.6. The summed E-state index contributed by atoms with van der Waals surface area (Å²) in [5, 5.41) is 2.72. The van der Waals surface area contributed by atoms with Crippen molar-refractivity contribution in [2.75, 3.05) is 10.2 Å². The Morgan fingerprint density at radius 2 is 1.67 bits per heavy atom. The van der Waals surface area contributed by atoms with E-state index in [0.717, 1.165) is 14.7 Å². The monoisotopic (exact) mass is 420 g/mol. The fraction of sp³-hybridized carbons (Fsp3) is 0.0870. The van der Waals surface area contributed by atoms with Crippen LogP contribution >= 0.6 is 11.3 Å². The fourth-order valence-corrected chi connectivity index (χ4v) is 4.14. The summed E-state index contributed by atoms with van der Waals surface area (Å²) in [7, 11) is 0. The third kappa shape index (κ3) is 4.06. The van der Waals surface area contributed by atoms with Crippen molar-refractivity contribution in [2.45, 2.75) is 12.8 Å². The van der Waals surface area contributed by atoms with Crippen LogP contribution in [0.5, 0.6) is 0 Å². The Kier molecular flexibility index (Phi) is 5.54. The summed E-state index contributed by atoms with van der Waals surface area (Å²) in [6, 6.07) is 16.8. The minimum absolute atomic E-state index is 0.170. The SMILES string of the molecule is O=C(/C=C\c1ccc(-c2ccccc2F)s1)Nc1ccccc1N1C(=O)CCC1=O. The molecule has 0 atom stereocenters. The second-order valence-corrected chi connectivity index (χ2v) is 7.76. The van der Waals surface area contributed by atoms with Gasteiger partial charge in [-0.3, -0.25) is 14.4 Å². The zero-order chi connectivity index (χ0) is 21.1. The molecule has 5 nitrogen and oxygen atoms in total. The Labute approximate surface area is 176 Å². The Hall–Kier alpha value is -3.58.